The Morgan fingerprint density at radius 3 is 2.65 bits per heavy atom. The van der Waals surface area contributed by atoms with E-state index in [9.17, 15) is 4.79 Å². The Kier molecular flexibility index (Phi) is 6.61. The topological polar surface area (TPSA) is 70.8 Å². The van der Waals surface area contributed by atoms with Crippen LogP contribution in [-0.4, -0.2) is 32.8 Å². The van der Waals surface area contributed by atoms with Crippen molar-refractivity contribution in [2.24, 2.45) is 5.73 Å². The molecule has 0 aliphatic carbocycles. The van der Waals surface area contributed by atoms with Crippen molar-refractivity contribution in [3.05, 3.63) is 22.7 Å². The highest BCUT2D eigenvalue weighted by molar-refractivity contribution is 6.30. The van der Waals surface area contributed by atoms with Crippen LogP contribution in [0.1, 0.15) is 18.9 Å². The zero-order valence-corrected chi connectivity index (χ0v) is 12.7. The number of rotatable bonds is 7. The lowest BCUT2D eigenvalue weighted by molar-refractivity contribution is -0.142. The highest BCUT2D eigenvalue weighted by Crippen LogP contribution is 2.35. The van der Waals surface area contributed by atoms with Crippen molar-refractivity contribution >= 4 is 17.6 Å². The van der Waals surface area contributed by atoms with E-state index in [0.717, 1.165) is 12.0 Å². The molecular weight excluding hydrogens is 282 g/mol. The smallest absolute Gasteiger partial charge is 0.343 e. The fourth-order valence-electron chi connectivity index (χ4n) is 1.71. The molecule has 5 nitrogen and oxygen atoms in total. The van der Waals surface area contributed by atoms with Crippen LogP contribution in [0.15, 0.2) is 12.1 Å². The molecule has 6 heteroatoms. The Bertz CT molecular complexity index is 465. The molecule has 1 aromatic rings. The van der Waals surface area contributed by atoms with E-state index < -0.39 is 5.97 Å². The third-order valence-electron chi connectivity index (χ3n) is 2.88. The minimum atomic E-state index is -0.465. The molecule has 0 aliphatic heterocycles. The normalized spacial score (nSPS) is 11.8. The molecule has 1 unspecified atom stereocenters. The summed E-state index contributed by atoms with van der Waals surface area (Å²) in [5.74, 6) is 0.485. The van der Waals surface area contributed by atoms with E-state index in [1.807, 2.05) is 6.92 Å². The number of hydrogen-bond donors (Lipinski definition) is 1. The number of nitrogens with two attached hydrogens (primary N) is 1. The molecule has 1 aromatic carbocycles. The van der Waals surface area contributed by atoms with E-state index in [1.54, 1.807) is 12.1 Å². The summed E-state index contributed by atoms with van der Waals surface area (Å²) in [4.78, 5) is 11.2. The highest BCUT2D eigenvalue weighted by atomic mass is 35.5. The van der Waals surface area contributed by atoms with Crippen LogP contribution in [0, 0.1) is 0 Å². The Morgan fingerprint density at radius 2 is 2.10 bits per heavy atom. The predicted octanol–water partition coefficient (Wildman–Crippen LogP) is 2.18. The fraction of sp³-hybridized carbons (Fsp3) is 0.500. The molecule has 0 saturated carbocycles. The number of benzene rings is 1. The quantitative estimate of drug-likeness (QED) is 0.782. The second-order valence-corrected chi connectivity index (χ2v) is 4.77. The number of methoxy groups -OCH3 is 2. The molecular formula is C14H20ClNO4. The molecule has 20 heavy (non-hydrogen) atoms. The number of carbonyl (C=O) groups is 1. The molecule has 0 amide bonds. The third-order valence-corrected chi connectivity index (χ3v) is 3.10. The van der Waals surface area contributed by atoms with E-state index in [2.05, 4.69) is 4.74 Å². The predicted molar refractivity (Wildman–Crippen MR) is 77.5 cm³/mol. The lowest BCUT2D eigenvalue weighted by atomic mass is 10.0. The summed E-state index contributed by atoms with van der Waals surface area (Å²) in [6.45, 7) is 1.81. The maximum Gasteiger partial charge on any atom is 0.343 e. The van der Waals surface area contributed by atoms with Gasteiger partial charge in [0.05, 0.1) is 14.2 Å². The van der Waals surface area contributed by atoms with Crippen molar-refractivity contribution < 1.29 is 19.0 Å². The summed E-state index contributed by atoms with van der Waals surface area (Å²) >= 11 is 6.05. The van der Waals surface area contributed by atoms with Gasteiger partial charge in [-0.15, -0.1) is 0 Å². The molecule has 0 aliphatic rings. The number of carbonyl (C=O) groups excluding carboxylic acids is 1. The van der Waals surface area contributed by atoms with Crippen LogP contribution < -0.4 is 15.2 Å². The Balaban J connectivity index is 3.05. The van der Waals surface area contributed by atoms with E-state index >= 15 is 0 Å². The van der Waals surface area contributed by atoms with Gasteiger partial charge in [-0.1, -0.05) is 18.5 Å². The largest absolute Gasteiger partial charge is 0.493 e. The van der Waals surface area contributed by atoms with Crippen LogP contribution in [0.4, 0.5) is 0 Å². The molecule has 0 aromatic heterocycles. The van der Waals surface area contributed by atoms with Crippen molar-refractivity contribution in [1.82, 2.24) is 0 Å². The molecule has 0 saturated heterocycles. The molecule has 0 bridgehead atoms. The van der Waals surface area contributed by atoms with Gasteiger partial charge in [0, 0.05) is 22.7 Å². The van der Waals surface area contributed by atoms with Gasteiger partial charge in [0.1, 0.15) is 0 Å². The second kappa shape index (κ2) is 7.97. The third kappa shape index (κ3) is 4.58. The van der Waals surface area contributed by atoms with Gasteiger partial charge < -0.3 is 19.9 Å². The lowest BCUT2D eigenvalue weighted by Gasteiger charge is -2.17. The molecule has 0 radical (unpaired) electrons. The van der Waals surface area contributed by atoms with E-state index in [4.69, 9.17) is 26.8 Å². The van der Waals surface area contributed by atoms with E-state index in [-0.39, 0.29) is 12.6 Å². The van der Waals surface area contributed by atoms with Crippen LogP contribution in [0.5, 0.6) is 11.5 Å². The summed E-state index contributed by atoms with van der Waals surface area (Å²) in [7, 11) is 2.82. The van der Waals surface area contributed by atoms with Gasteiger partial charge in [0.15, 0.2) is 18.1 Å². The average molecular weight is 302 g/mol. The maximum absolute atomic E-state index is 11.2. The van der Waals surface area contributed by atoms with E-state index in [1.165, 1.54) is 14.2 Å². The lowest BCUT2D eigenvalue weighted by Crippen LogP contribution is -2.22. The van der Waals surface area contributed by atoms with Gasteiger partial charge in [-0.25, -0.2) is 4.79 Å². The first kappa shape index (κ1) is 16.6. The summed E-state index contributed by atoms with van der Waals surface area (Å²) < 4.78 is 15.3. The van der Waals surface area contributed by atoms with Crippen molar-refractivity contribution in [2.45, 2.75) is 25.8 Å². The fourth-order valence-corrected chi connectivity index (χ4v) is 1.94. The minimum Gasteiger partial charge on any atom is -0.493 e. The standard InChI is InChI=1S/C14H20ClNO4/c1-4-11(16)6-9-5-10(15)7-12(18-2)14(9)20-8-13(17)19-3/h5,7,11H,4,6,8,16H2,1-3H3. The molecule has 0 fully saturated rings. The van der Waals surface area contributed by atoms with Gasteiger partial charge in [-0.2, -0.15) is 0 Å². The highest BCUT2D eigenvalue weighted by Gasteiger charge is 2.16. The van der Waals surface area contributed by atoms with Gasteiger partial charge in [-0.3, -0.25) is 0 Å². The van der Waals surface area contributed by atoms with Crippen molar-refractivity contribution in [3.63, 3.8) is 0 Å². The number of esters is 1. The molecule has 0 spiro atoms. The van der Waals surface area contributed by atoms with Crippen LogP contribution in [0.25, 0.3) is 0 Å². The summed E-state index contributed by atoms with van der Waals surface area (Å²) in [5.41, 5.74) is 6.78. The van der Waals surface area contributed by atoms with Gasteiger partial charge >= 0.3 is 5.97 Å². The van der Waals surface area contributed by atoms with Gasteiger partial charge in [0.25, 0.3) is 0 Å². The zero-order valence-electron chi connectivity index (χ0n) is 11.9. The molecule has 112 valence electrons. The number of hydrogen-bond acceptors (Lipinski definition) is 5. The van der Waals surface area contributed by atoms with Crippen LogP contribution in [-0.2, 0) is 16.0 Å². The molecule has 1 rings (SSSR count). The number of ether oxygens (including phenoxy) is 3. The first-order valence-corrected chi connectivity index (χ1v) is 6.71. The average Bonchev–Trinajstić information content (AvgIpc) is 2.44. The Morgan fingerprint density at radius 1 is 1.40 bits per heavy atom. The van der Waals surface area contributed by atoms with Crippen molar-refractivity contribution in [3.8, 4) is 11.5 Å². The van der Waals surface area contributed by atoms with Crippen molar-refractivity contribution in [1.29, 1.82) is 0 Å². The summed E-state index contributed by atoms with van der Waals surface area (Å²) in [5, 5.41) is 0.533. The van der Waals surface area contributed by atoms with Crippen LogP contribution in [0.2, 0.25) is 5.02 Å². The van der Waals surface area contributed by atoms with Gasteiger partial charge in [0.2, 0.25) is 0 Å². The Labute approximate surface area is 123 Å². The first-order chi connectivity index (χ1) is 9.51. The van der Waals surface area contributed by atoms with Gasteiger partial charge in [-0.05, 0) is 18.9 Å². The summed E-state index contributed by atoms with van der Waals surface area (Å²) in [6.07, 6.45) is 1.41. The van der Waals surface area contributed by atoms with Crippen molar-refractivity contribution in [2.75, 3.05) is 20.8 Å². The monoisotopic (exact) mass is 301 g/mol. The summed E-state index contributed by atoms with van der Waals surface area (Å²) in [6, 6.07) is 3.39. The molecule has 2 N–H and O–H groups in total. The molecule has 0 heterocycles. The van der Waals surface area contributed by atoms with Crippen LogP contribution >= 0.6 is 11.6 Å². The minimum absolute atomic E-state index is 0.0151. The van der Waals surface area contributed by atoms with Crippen LogP contribution in [0.3, 0.4) is 0 Å². The number of halogens is 1. The SMILES string of the molecule is CCC(N)Cc1cc(Cl)cc(OC)c1OCC(=O)OC. The first-order valence-electron chi connectivity index (χ1n) is 6.33. The second-order valence-electron chi connectivity index (χ2n) is 4.33. The zero-order chi connectivity index (χ0) is 15.1. The molecule has 1 atom stereocenters. The Hall–Kier alpha value is -1.46. The van der Waals surface area contributed by atoms with E-state index in [0.29, 0.717) is 22.9 Å². The maximum atomic E-state index is 11.2.